The Morgan fingerprint density at radius 1 is 0.914 bits per heavy atom. The number of aliphatic carboxylic acids is 2. The Labute approximate surface area is 209 Å². The molecular formula is C20H37N7O7S. The Bertz CT molecular complexity index is 777. The van der Waals surface area contributed by atoms with E-state index in [-0.39, 0.29) is 43.4 Å². The summed E-state index contributed by atoms with van der Waals surface area (Å²) in [7, 11) is 0. The standard InChI is InChI=1S/C20H37N7O7S/c1-3-10(2)15(21)18(32)25-11(6-7-14(28)29)16(30)27-13(9-35)17(31)26-12(19(33)34)5-4-8-24-20(22)23/h10-13,15,35H,3-9,21H2,1-2H3,(H,25,32)(H,26,31)(H,27,30)(H,28,29)(H,33,34)(H4,22,23,24). The quantitative estimate of drug-likeness (QED) is 0.0431. The molecule has 0 aromatic rings. The molecule has 0 aromatic carbocycles. The zero-order chi connectivity index (χ0) is 27.1. The lowest BCUT2D eigenvalue weighted by molar-refractivity contribution is -0.142. The van der Waals surface area contributed by atoms with Crippen molar-refractivity contribution in [3.63, 3.8) is 0 Å². The van der Waals surface area contributed by atoms with Gasteiger partial charge in [0.05, 0.1) is 6.04 Å². The second-order valence-electron chi connectivity index (χ2n) is 8.00. The van der Waals surface area contributed by atoms with Gasteiger partial charge < -0.3 is 43.4 Å². The molecule has 0 rings (SSSR count). The van der Waals surface area contributed by atoms with Gasteiger partial charge in [-0.3, -0.25) is 24.2 Å². The van der Waals surface area contributed by atoms with Gasteiger partial charge in [0.2, 0.25) is 17.7 Å². The highest BCUT2D eigenvalue weighted by atomic mass is 32.1. The lowest BCUT2D eigenvalue weighted by Gasteiger charge is -2.25. The average molecular weight is 520 g/mol. The van der Waals surface area contributed by atoms with E-state index in [0.29, 0.717) is 6.42 Å². The van der Waals surface area contributed by atoms with Crippen LogP contribution in [0.4, 0.5) is 0 Å². The van der Waals surface area contributed by atoms with E-state index in [4.69, 9.17) is 22.3 Å². The third kappa shape index (κ3) is 12.8. The van der Waals surface area contributed by atoms with Gasteiger partial charge in [0.25, 0.3) is 0 Å². The Kier molecular flexibility index (Phi) is 15.1. The van der Waals surface area contributed by atoms with E-state index >= 15 is 0 Å². The van der Waals surface area contributed by atoms with Crippen LogP contribution in [0.1, 0.15) is 46.0 Å². The van der Waals surface area contributed by atoms with Gasteiger partial charge in [0.1, 0.15) is 18.1 Å². The van der Waals surface area contributed by atoms with Gasteiger partial charge in [0, 0.05) is 18.7 Å². The normalized spacial score (nSPS) is 15.0. The zero-order valence-corrected chi connectivity index (χ0v) is 20.8. The van der Waals surface area contributed by atoms with Gasteiger partial charge >= 0.3 is 11.9 Å². The molecular weight excluding hydrogens is 482 g/mol. The van der Waals surface area contributed by atoms with Gasteiger partial charge in [0.15, 0.2) is 5.96 Å². The van der Waals surface area contributed by atoms with E-state index in [2.05, 4.69) is 33.6 Å². The van der Waals surface area contributed by atoms with Crippen LogP contribution in [-0.4, -0.2) is 82.3 Å². The molecule has 0 aliphatic heterocycles. The second-order valence-corrected chi connectivity index (χ2v) is 8.36. The maximum Gasteiger partial charge on any atom is 0.326 e. The fourth-order valence-electron chi connectivity index (χ4n) is 2.82. The highest BCUT2D eigenvalue weighted by Crippen LogP contribution is 2.07. The van der Waals surface area contributed by atoms with Crippen LogP contribution in [0.5, 0.6) is 0 Å². The van der Waals surface area contributed by atoms with E-state index in [1.807, 2.05) is 6.92 Å². The first-order valence-corrected chi connectivity index (χ1v) is 11.7. The predicted molar refractivity (Wildman–Crippen MR) is 131 cm³/mol. The molecule has 200 valence electrons. The summed E-state index contributed by atoms with van der Waals surface area (Å²) in [5.74, 6) is -5.28. The van der Waals surface area contributed by atoms with E-state index in [9.17, 15) is 29.1 Å². The van der Waals surface area contributed by atoms with Crippen molar-refractivity contribution >= 4 is 48.2 Å². The van der Waals surface area contributed by atoms with Gasteiger partial charge in [-0.25, -0.2) is 4.79 Å². The number of hydrogen-bond acceptors (Lipinski definition) is 8. The maximum atomic E-state index is 12.8. The Balaban J connectivity index is 5.29. The summed E-state index contributed by atoms with van der Waals surface area (Å²) in [6.45, 7) is 3.76. The van der Waals surface area contributed by atoms with Crippen LogP contribution in [-0.2, 0) is 24.0 Å². The molecule has 0 aliphatic rings. The molecule has 0 aliphatic carbocycles. The van der Waals surface area contributed by atoms with Gasteiger partial charge in [-0.2, -0.15) is 12.6 Å². The lowest BCUT2D eigenvalue weighted by atomic mass is 9.98. The number of carboxylic acid groups (broad SMARTS) is 2. The molecule has 3 amide bonds. The van der Waals surface area contributed by atoms with Crippen LogP contribution in [0.15, 0.2) is 4.99 Å². The van der Waals surface area contributed by atoms with Crippen LogP contribution >= 0.6 is 12.6 Å². The molecule has 0 radical (unpaired) electrons. The molecule has 5 unspecified atom stereocenters. The summed E-state index contributed by atoms with van der Waals surface area (Å²) in [5, 5.41) is 25.5. The number of nitrogens with one attached hydrogen (secondary N) is 3. The molecule has 0 aromatic heterocycles. The summed E-state index contributed by atoms with van der Waals surface area (Å²) in [5.41, 5.74) is 16.3. The number of thiol groups is 1. The summed E-state index contributed by atoms with van der Waals surface area (Å²) in [6.07, 6.45) is 0.233. The number of rotatable bonds is 17. The summed E-state index contributed by atoms with van der Waals surface area (Å²) < 4.78 is 0. The molecule has 5 atom stereocenters. The van der Waals surface area contributed by atoms with Crippen LogP contribution in [0.25, 0.3) is 0 Å². The number of nitrogens with zero attached hydrogens (tertiary/aromatic N) is 1. The largest absolute Gasteiger partial charge is 0.481 e. The number of hydrogen-bond donors (Lipinski definition) is 9. The SMILES string of the molecule is CCC(C)C(N)C(=O)NC(CCC(=O)O)C(=O)NC(CS)C(=O)NC(CCCN=C(N)N)C(=O)O. The maximum absolute atomic E-state index is 12.8. The van der Waals surface area contributed by atoms with Crippen molar-refractivity contribution in [2.45, 2.75) is 70.1 Å². The van der Waals surface area contributed by atoms with Crippen LogP contribution in [0, 0.1) is 5.92 Å². The van der Waals surface area contributed by atoms with Crippen molar-refractivity contribution in [2.24, 2.45) is 28.1 Å². The molecule has 15 heteroatoms. The van der Waals surface area contributed by atoms with Crippen molar-refractivity contribution in [3.8, 4) is 0 Å². The fraction of sp³-hybridized carbons (Fsp3) is 0.700. The Morgan fingerprint density at radius 3 is 1.94 bits per heavy atom. The monoisotopic (exact) mass is 519 g/mol. The molecule has 0 heterocycles. The molecule has 0 fully saturated rings. The minimum atomic E-state index is -1.29. The number of nitrogens with two attached hydrogens (primary N) is 3. The van der Waals surface area contributed by atoms with Crippen LogP contribution in [0.2, 0.25) is 0 Å². The zero-order valence-electron chi connectivity index (χ0n) is 19.9. The highest BCUT2D eigenvalue weighted by molar-refractivity contribution is 7.80. The van der Waals surface area contributed by atoms with Crippen molar-refractivity contribution in [1.82, 2.24) is 16.0 Å². The summed E-state index contributed by atoms with van der Waals surface area (Å²) in [4.78, 5) is 64.1. The fourth-order valence-corrected chi connectivity index (χ4v) is 3.07. The highest BCUT2D eigenvalue weighted by Gasteiger charge is 2.30. The Morgan fingerprint density at radius 2 is 1.46 bits per heavy atom. The van der Waals surface area contributed by atoms with E-state index < -0.39 is 60.2 Å². The molecule has 14 nitrogen and oxygen atoms in total. The van der Waals surface area contributed by atoms with Gasteiger partial charge in [-0.15, -0.1) is 0 Å². The molecule has 0 saturated carbocycles. The minimum absolute atomic E-state index is 0.0237. The average Bonchev–Trinajstić information content (AvgIpc) is 2.79. The molecule has 11 N–H and O–H groups in total. The van der Waals surface area contributed by atoms with E-state index in [1.165, 1.54) is 0 Å². The van der Waals surface area contributed by atoms with Crippen LogP contribution in [0.3, 0.4) is 0 Å². The molecule has 0 bridgehead atoms. The van der Waals surface area contributed by atoms with Crippen molar-refractivity contribution in [1.29, 1.82) is 0 Å². The Hall–Kier alpha value is -3.07. The number of guanidine groups is 1. The first-order valence-electron chi connectivity index (χ1n) is 11.1. The van der Waals surface area contributed by atoms with Crippen molar-refractivity contribution in [2.75, 3.05) is 12.3 Å². The van der Waals surface area contributed by atoms with Crippen molar-refractivity contribution < 1.29 is 34.2 Å². The number of carboxylic acids is 2. The molecule has 0 saturated heterocycles. The third-order valence-corrected chi connectivity index (χ3v) is 5.58. The number of carbonyl (C=O) groups is 5. The lowest BCUT2D eigenvalue weighted by Crippen LogP contribution is -2.58. The summed E-state index contributed by atoms with van der Waals surface area (Å²) in [6, 6.07) is -4.72. The molecule has 0 spiro atoms. The number of carbonyl (C=O) groups excluding carboxylic acids is 3. The van der Waals surface area contributed by atoms with Gasteiger partial charge in [-0.05, 0) is 25.2 Å². The number of aliphatic imine (C=N–C) groups is 1. The topological polar surface area (TPSA) is 252 Å². The first kappa shape index (κ1) is 31.9. The van der Waals surface area contributed by atoms with E-state index in [0.717, 1.165) is 0 Å². The van der Waals surface area contributed by atoms with Gasteiger partial charge in [-0.1, -0.05) is 20.3 Å². The number of amides is 3. The second kappa shape index (κ2) is 16.5. The predicted octanol–water partition coefficient (Wildman–Crippen LogP) is -2.25. The third-order valence-electron chi connectivity index (χ3n) is 5.22. The van der Waals surface area contributed by atoms with Crippen LogP contribution < -0.4 is 33.2 Å². The smallest absolute Gasteiger partial charge is 0.326 e. The molecule has 35 heavy (non-hydrogen) atoms. The minimum Gasteiger partial charge on any atom is -0.481 e. The van der Waals surface area contributed by atoms with Crippen molar-refractivity contribution in [3.05, 3.63) is 0 Å². The first-order chi connectivity index (χ1) is 16.3. The van der Waals surface area contributed by atoms with E-state index in [1.54, 1.807) is 6.92 Å². The summed E-state index contributed by atoms with van der Waals surface area (Å²) >= 11 is 4.04.